The Morgan fingerprint density at radius 2 is 2.14 bits per heavy atom. The fraction of sp³-hybridized carbons (Fsp3) is 0.375. The summed E-state index contributed by atoms with van der Waals surface area (Å²) in [5.41, 5.74) is 1.15. The van der Waals surface area contributed by atoms with Crippen LogP contribution in [0.5, 0.6) is 0 Å². The minimum absolute atomic E-state index is 0.148. The number of benzene rings is 1. The van der Waals surface area contributed by atoms with E-state index in [0.717, 1.165) is 24.8 Å². The average molecular weight is 286 g/mol. The molecule has 0 radical (unpaired) electrons. The van der Waals surface area contributed by atoms with Gasteiger partial charge in [0.05, 0.1) is 6.10 Å². The number of carbonyl (C=O) groups excluding carboxylic acids is 1. The standard InChI is InChI=1S/C16H18N2O3/c19-14-8-4-7-12(14)10-17-16(20)13-9-15(21-18-13)11-5-2-1-3-6-11/h1-3,5-6,9,12,14,19H,4,7-8,10H2,(H,17,20). The van der Waals surface area contributed by atoms with Gasteiger partial charge in [0.2, 0.25) is 0 Å². The van der Waals surface area contributed by atoms with E-state index in [2.05, 4.69) is 10.5 Å². The molecule has 1 heterocycles. The number of rotatable bonds is 4. The molecule has 1 aliphatic rings. The van der Waals surface area contributed by atoms with Crippen molar-refractivity contribution in [3.8, 4) is 11.3 Å². The van der Waals surface area contributed by atoms with Gasteiger partial charge in [0, 0.05) is 24.1 Å². The van der Waals surface area contributed by atoms with Crippen LogP contribution in [0.4, 0.5) is 0 Å². The van der Waals surface area contributed by atoms with Gasteiger partial charge in [-0.25, -0.2) is 0 Å². The molecule has 2 unspecified atom stereocenters. The van der Waals surface area contributed by atoms with Gasteiger partial charge in [-0.05, 0) is 12.8 Å². The van der Waals surface area contributed by atoms with E-state index in [1.165, 1.54) is 0 Å². The summed E-state index contributed by atoms with van der Waals surface area (Å²) in [5.74, 6) is 0.455. The van der Waals surface area contributed by atoms with Gasteiger partial charge in [-0.3, -0.25) is 4.79 Å². The molecule has 1 aliphatic carbocycles. The van der Waals surface area contributed by atoms with Crippen LogP contribution in [0.25, 0.3) is 11.3 Å². The lowest BCUT2D eigenvalue weighted by molar-refractivity contribution is 0.0908. The highest BCUT2D eigenvalue weighted by Crippen LogP contribution is 2.25. The van der Waals surface area contributed by atoms with Crippen molar-refractivity contribution < 1.29 is 14.4 Å². The third kappa shape index (κ3) is 3.13. The van der Waals surface area contributed by atoms with Crippen molar-refractivity contribution in [1.82, 2.24) is 10.5 Å². The van der Waals surface area contributed by atoms with E-state index in [4.69, 9.17) is 4.52 Å². The van der Waals surface area contributed by atoms with Crippen molar-refractivity contribution in [3.63, 3.8) is 0 Å². The summed E-state index contributed by atoms with van der Waals surface area (Å²) >= 11 is 0. The summed E-state index contributed by atoms with van der Waals surface area (Å²) in [6.45, 7) is 0.480. The molecule has 21 heavy (non-hydrogen) atoms. The van der Waals surface area contributed by atoms with Crippen LogP contribution >= 0.6 is 0 Å². The van der Waals surface area contributed by atoms with E-state index in [9.17, 15) is 9.90 Å². The van der Waals surface area contributed by atoms with Crippen LogP contribution in [0.15, 0.2) is 40.9 Å². The lowest BCUT2D eigenvalue weighted by Crippen LogP contribution is -2.32. The molecule has 0 spiro atoms. The van der Waals surface area contributed by atoms with Gasteiger partial charge < -0.3 is 14.9 Å². The maximum absolute atomic E-state index is 12.0. The predicted molar refractivity (Wildman–Crippen MR) is 77.6 cm³/mol. The van der Waals surface area contributed by atoms with Crippen LogP contribution < -0.4 is 5.32 Å². The maximum atomic E-state index is 12.0. The first kappa shape index (κ1) is 13.8. The third-order valence-corrected chi connectivity index (χ3v) is 3.94. The fourth-order valence-electron chi connectivity index (χ4n) is 2.69. The second kappa shape index (κ2) is 6.10. The Hall–Kier alpha value is -2.14. The van der Waals surface area contributed by atoms with Gasteiger partial charge in [-0.15, -0.1) is 0 Å². The molecule has 2 N–H and O–H groups in total. The van der Waals surface area contributed by atoms with E-state index in [0.29, 0.717) is 12.3 Å². The van der Waals surface area contributed by atoms with Crippen molar-refractivity contribution in [2.75, 3.05) is 6.54 Å². The Morgan fingerprint density at radius 1 is 1.33 bits per heavy atom. The largest absolute Gasteiger partial charge is 0.393 e. The highest BCUT2D eigenvalue weighted by atomic mass is 16.5. The van der Waals surface area contributed by atoms with E-state index in [1.54, 1.807) is 6.07 Å². The van der Waals surface area contributed by atoms with Gasteiger partial charge in [-0.1, -0.05) is 41.9 Å². The minimum Gasteiger partial charge on any atom is -0.393 e. The lowest BCUT2D eigenvalue weighted by Gasteiger charge is -2.14. The smallest absolute Gasteiger partial charge is 0.273 e. The quantitative estimate of drug-likeness (QED) is 0.903. The topological polar surface area (TPSA) is 75.4 Å². The SMILES string of the molecule is O=C(NCC1CCCC1O)c1cc(-c2ccccc2)on1. The lowest BCUT2D eigenvalue weighted by atomic mass is 10.1. The van der Waals surface area contributed by atoms with Crippen LogP contribution in [0.1, 0.15) is 29.8 Å². The van der Waals surface area contributed by atoms with Crippen molar-refractivity contribution >= 4 is 5.91 Å². The van der Waals surface area contributed by atoms with Crippen molar-refractivity contribution in [3.05, 3.63) is 42.1 Å². The fourth-order valence-corrected chi connectivity index (χ4v) is 2.69. The molecular formula is C16H18N2O3. The summed E-state index contributed by atoms with van der Waals surface area (Å²) in [4.78, 5) is 12.0. The molecule has 1 fully saturated rings. The molecule has 1 saturated carbocycles. The first-order valence-electron chi connectivity index (χ1n) is 7.22. The first-order chi connectivity index (χ1) is 10.2. The van der Waals surface area contributed by atoms with Crippen LogP contribution in [0.3, 0.4) is 0 Å². The zero-order chi connectivity index (χ0) is 14.7. The Labute approximate surface area is 123 Å². The number of hydrogen-bond donors (Lipinski definition) is 2. The molecule has 0 saturated heterocycles. The van der Waals surface area contributed by atoms with Gasteiger partial charge in [0.1, 0.15) is 0 Å². The molecule has 1 amide bonds. The van der Waals surface area contributed by atoms with Gasteiger partial charge >= 0.3 is 0 Å². The molecule has 2 atom stereocenters. The number of carbonyl (C=O) groups is 1. The van der Waals surface area contributed by atoms with Gasteiger partial charge in [0.15, 0.2) is 11.5 Å². The Kier molecular flexibility index (Phi) is 4.01. The van der Waals surface area contributed by atoms with Crippen LogP contribution in [0.2, 0.25) is 0 Å². The number of aliphatic hydroxyl groups is 1. The van der Waals surface area contributed by atoms with E-state index in [1.807, 2.05) is 30.3 Å². The van der Waals surface area contributed by atoms with Crippen LogP contribution in [-0.2, 0) is 0 Å². The molecule has 1 aromatic heterocycles. The first-order valence-corrected chi connectivity index (χ1v) is 7.22. The van der Waals surface area contributed by atoms with E-state index < -0.39 is 0 Å². The second-order valence-electron chi connectivity index (χ2n) is 5.41. The molecule has 0 aliphatic heterocycles. The molecule has 5 nitrogen and oxygen atoms in total. The van der Waals surface area contributed by atoms with Gasteiger partial charge in [-0.2, -0.15) is 0 Å². The summed E-state index contributed by atoms with van der Waals surface area (Å²) in [6, 6.07) is 11.2. The maximum Gasteiger partial charge on any atom is 0.273 e. The summed E-state index contributed by atoms with van der Waals surface area (Å²) < 4.78 is 5.20. The predicted octanol–water partition coefficient (Wildman–Crippen LogP) is 2.23. The normalized spacial score (nSPS) is 21.4. The Bertz CT molecular complexity index is 609. The molecule has 0 bridgehead atoms. The molecule has 110 valence electrons. The highest BCUT2D eigenvalue weighted by Gasteiger charge is 2.25. The number of nitrogens with zero attached hydrogens (tertiary/aromatic N) is 1. The summed E-state index contributed by atoms with van der Waals surface area (Å²) in [7, 11) is 0. The summed E-state index contributed by atoms with van der Waals surface area (Å²) in [6.07, 6.45) is 2.49. The average Bonchev–Trinajstić information content (AvgIpc) is 3.15. The molecule has 3 rings (SSSR count). The highest BCUT2D eigenvalue weighted by molar-refractivity contribution is 5.93. The number of aliphatic hydroxyl groups excluding tert-OH is 1. The number of amides is 1. The monoisotopic (exact) mass is 286 g/mol. The Morgan fingerprint density at radius 3 is 2.86 bits per heavy atom. The molecule has 1 aromatic carbocycles. The zero-order valence-corrected chi connectivity index (χ0v) is 11.7. The van der Waals surface area contributed by atoms with Crippen LogP contribution in [0, 0.1) is 5.92 Å². The number of nitrogens with one attached hydrogen (secondary N) is 1. The van der Waals surface area contributed by atoms with E-state index in [-0.39, 0.29) is 23.6 Å². The Balaban J connectivity index is 1.62. The van der Waals surface area contributed by atoms with E-state index >= 15 is 0 Å². The molecule has 2 aromatic rings. The second-order valence-corrected chi connectivity index (χ2v) is 5.41. The number of hydrogen-bond acceptors (Lipinski definition) is 4. The van der Waals surface area contributed by atoms with Gasteiger partial charge in [0.25, 0.3) is 5.91 Å². The summed E-state index contributed by atoms with van der Waals surface area (Å²) in [5, 5.41) is 16.4. The number of aromatic nitrogens is 1. The van der Waals surface area contributed by atoms with Crippen molar-refractivity contribution in [1.29, 1.82) is 0 Å². The minimum atomic E-state index is -0.303. The van der Waals surface area contributed by atoms with Crippen molar-refractivity contribution in [2.24, 2.45) is 5.92 Å². The van der Waals surface area contributed by atoms with Crippen molar-refractivity contribution in [2.45, 2.75) is 25.4 Å². The third-order valence-electron chi connectivity index (χ3n) is 3.94. The molecule has 5 heteroatoms. The zero-order valence-electron chi connectivity index (χ0n) is 11.7. The van der Waals surface area contributed by atoms with Crippen LogP contribution in [-0.4, -0.2) is 28.8 Å². The molecular weight excluding hydrogens is 268 g/mol.